The molecule has 7 heteroatoms. The Bertz CT molecular complexity index is 1240. The molecule has 5 rings (SSSR count). The number of unbranched alkanes of at least 4 members (excludes halogenated alkanes) is 2. The van der Waals surface area contributed by atoms with E-state index in [-0.39, 0.29) is 17.8 Å². The number of hydrogen-bond donors (Lipinski definition) is 1. The summed E-state index contributed by atoms with van der Waals surface area (Å²) < 4.78 is 13.3. The van der Waals surface area contributed by atoms with E-state index in [0.717, 1.165) is 39.8 Å². The van der Waals surface area contributed by atoms with E-state index in [0.29, 0.717) is 13.0 Å². The number of aliphatic imine (C=N–C) groups is 1. The van der Waals surface area contributed by atoms with Crippen molar-refractivity contribution in [1.29, 1.82) is 0 Å². The molecule has 1 N–H and O–H groups in total. The number of halogens is 1. The Labute approximate surface area is 235 Å². The Balaban J connectivity index is 1.28. The maximum Gasteiger partial charge on any atom is 0.222 e. The van der Waals surface area contributed by atoms with Crippen molar-refractivity contribution in [2.45, 2.75) is 51.1 Å². The van der Waals surface area contributed by atoms with Crippen molar-refractivity contribution in [3.8, 4) is 0 Å². The molecule has 0 spiro atoms. The molecule has 2 heterocycles. The van der Waals surface area contributed by atoms with E-state index in [1.807, 2.05) is 36.4 Å². The van der Waals surface area contributed by atoms with E-state index in [1.54, 1.807) is 23.9 Å². The number of thioether (sulfide) groups is 1. The summed E-state index contributed by atoms with van der Waals surface area (Å²) in [5, 5.41) is 3.97. The predicted octanol–water partition coefficient (Wildman–Crippen LogP) is 7.08. The highest BCUT2D eigenvalue weighted by atomic mass is 32.2. The van der Waals surface area contributed by atoms with Gasteiger partial charge in [-0.1, -0.05) is 66.7 Å². The van der Waals surface area contributed by atoms with Crippen LogP contribution in [0.2, 0.25) is 0 Å². The summed E-state index contributed by atoms with van der Waals surface area (Å²) in [7, 11) is 0. The summed E-state index contributed by atoms with van der Waals surface area (Å²) in [6.45, 7) is 4.10. The zero-order valence-corrected chi connectivity index (χ0v) is 23.2. The molecule has 0 aliphatic carbocycles. The van der Waals surface area contributed by atoms with Gasteiger partial charge < -0.3 is 15.1 Å². The van der Waals surface area contributed by atoms with Crippen molar-refractivity contribution < 1.29 is 9.18 Å². The number of nitrogens with one attached hydrogen (secondary N) is 1. The number of carbonyl (C=O) groups is 1. The number of benzene rings is 3. The van der Waals surface area contributed by atoms with Crippen molar-refractivity contribution in [1.82, 2.24) is 10.2 Å². The summed E-state index contributed by atoms with van der Waals surface area (Å²) in [6, 6.07) is 24.4. The summed E-state index contributed by atoms with van der Waals surface area (Å²) in [5.74, 6) is 0.667. The van der Waals surface area contributed by atoms with Crippen molar-refractivity contribution >= 4 is 34.2 Å². The van der Waals surface area contributed by atoms with Crippen LogP contribution in [-0.4, -0.2) is 41.4 Å². The summed E-state index contributed by atoms with van der Waals surface area (Å²) >= 11 is 1.78. The summed E-state index contributed by atoms with van der Waals surface area (Å²) in [4.78, 5) is 23.1. The van der Waals surface area contributed by atoms with Gasteiger partial charge in [0.25, 0.3) is 0 Å². The molecule has 3 aromatic carbocycles. The van der Waals surface area contributed by atoms with Crippen molar-refractivity contribution in [3.63, 3.8) is 0 Å². The molecule has 0 saturated carbocycles. The fourth-order valence-corrected chi connectivity index (χ4v) is 6.38. The number of hydrogen-bond acceptors (Lipinski definition) is 5. The SMILES string of the molecule is O=C(CC1c2ccccc2N=C(SCCCCCN2CCCC2)N1c1ccccc1)NCc1ccc(F)cc1. The topological polar surface area (TPSA) is 47.9 Å². The van der Waals surface area contributed by atoms with Gasteiger partial charge in [-0.15, -0.1) is 0 Å². The van der Waals surface area contributed by atoms with Crippen LogP contribution in [0.1, 0.15) is 55.7 Å². The number of amides is 1. The molecule has 1 fully saturated rings. The van der Waals surface area contributed by atoms with E-state index in [4.69, 9.17) is 4.99 Å². The van der Waals surface area contributed by atoms with Crippen LogP contribution in [-0.2, 0) is 11.3 Å². The Kier molecular flexibility index (Phi) is 9.67. The fourth-order valence-electron chi connectivity index (χ4n) is 5.32. The first-order valence-corrected chi connectivity index (χ1v) is 15.0. The van der Waals surface area contributed by atoms with Crippen LogP contribution in [0.3, 0.4) is 0 Å². The lowest BCUT2D eigenvalue weighted by Crippen LogP contribution is -2.39. The van der Waals surface area contributed by atoms with E-state index in [1.165, 1.54) is 57.5 Å². The number of rotatable bonds is 11. The molecule has 1 saturated heterocycles. The van der Waals surface area contributed by atoms with Gasteiger partial charge in [0.05, 0.1) is 18.2 Å². The van der Waals surface area contributed by atoms with Gasteiger partial charge in [0.1, 0.15) is 5.82 Å². The normalized spacial score (nSPS) is 17.1. The fraction of sp³-hybridized carbons (Fsp3) is 0.375. The lowest BCUT2D eigenvalue weighted by atomic mass is 9.98. The van der Waals surface area contributed by atoms with Crippen molar-refractivity contribution in [2.24, 2.45) is 4.99 Å². The van der Waals surface area contributed by atoms with Crippen LogP contribution in [0.25, 0.3) is 0 Å². The average molecular weight is 545 g/mol. The van der Waals surface area contributed by atoms with Gasteiger partial charge in [0.2, 0.25) is 5.91 Å². The molecule has 1 atom stereocenters. The van der Waals surface area contributed by atoms with Crippen LogP contribution in [0.5, 0.6) is 0 Å². The molecule has 2 aliphatic heterocycles. The molecule has 204 valence electrons. The molecule has 0 bridgehead atoms. The van der Waals surface area contributed by atoms with Gasteiger partial charge in [0.15, 0.2) is 5.17 Å². The van der Waals surface area contributed by atoms with Gasteiger partial charge >= 0.3 is 0 Å². The standard InChI is InChI=1S/C32H37FN4OS/c33-26-17-15-25(16-18-26)24-34-31(38)23-30-28-13-5-6-14-29(28)35-32(37(30)27-11-3-1-4-12-27)39-22-10-2-7-19-36-20-8-9-21-36/h1,3-6,11-18,30H,2,7-10,19-24H2,(H,34,38). The number of para-hydroxylation sites is 2. The number of likely N-dealkylation sites (tertiary alicyclic amines) is 1. The lowest BCUT2D eigenvalue weighted by molar-refractivity contribution is -0.121. The monoisotopic (exact) mass is 544 g/mol. The highest BCUT2D eigenvalue weighted by Gasteiger charge is 2.33. The minimum atomic E-state index is -0.279. The number of nitrogens with zero attached hydrogens (tertiary/aromatic N) is 3. The molecule has 0 aromatic heterocycles. The van der Waals surface area contributed by atoms with Crippen LogP contribution in [0, 0.1) is 5.82 Å². The Hall–Kier alpha value is -3.16. The van der Waals surface area contributed by atoms with Gasteiger partial charge in [-0.25, -0.2) is 9.38 Å². The second-order valence-electron chi connectivity index (χ2n) is 10.2. The third-order valence-electron chi connectivity index (χ3n) is 7.39. The highest BCUT2D eigenvalue weighted by molar-refractivity contribution is 8.14. The third kappa shape index (κ3) is 7.49. The van der Waals surface area contributed by atoms with Gasteiger partial charge in [-0.3, -0.25) is 4.79 Å². The molecule has 3 aromatic rings. The second kappa shape index (κ2) is 13.8. The molecule has 0 radical (unpaired) electrons. The highest BCUT2D eigenvalue weighted by Crippen LogP contribution is 2.41. The molecule has 39 heavy (non-hydrogen) atoms. The van der Waals surface area contributed by atoms with Crippen LogP contribution in [0.4, 0.5) is 15.8 Å². The Morgan fingerprint density at radius 2 is 1.67 bits per heavy atom. The van der Waals surface area contributed by atoms with Crippen molar-refractivity contribution in [2.75, 3.05) is 30.3 Å². The largest absolute Gasteiger partial charge is 0.352 e. The minimum absolute atomic E-state index is 0.0479. The first kappa shape index (κ1) is 27.4. The van der Waals surface area contributed by atoms with Crippen molar-refractivity contribution in [3.05, 3.63) is 95.8 Å². The average Bonchev–Trinajstić information content (AvgIpc) is 3.49. The molecule has 5 nitrogen and oxygen atoms in total. The van der Waals surface area contributed by atoms with Crippen LogP contribution >= 0.6 is 11.8 Å². The molecule has 1 unspecified atom stereocenters. The summed E-state index contributed by atoms with van der Waals surface area (Å²) in [6.07, 6.45) is 6.59. The maximum absolute atomic E-state index is 13.3. The van der Waals surface area contributed by atoms with Crippen LogP contribution in [0.15, 0.2) is 83.9 Å². The summed E-state index contributed by atoms with van der Waals surface area (Å²) in [5.41, 5.74) is 3.88. The molecular weight excluding hydrogens is 507 g/mol. The quantitative estimate of drug-likeness (QED) is 0.262. The van der Waals surface area contributed by atoms with Crippen LogP contribution < -0.4 is 10.2 Å². The lowest BCUT2D eigenvalue weighted by Gasteiger charge is -2.37. The first-order chi connectivity index (χ1) is 19.2. The first-order valence-electron chi connectivity index (χ1n) is 14.1. The zero-order valence-electron chi connectivity index (χ0n) is 22.4. The number of fused-ring (bicyclic) bond motifs is 1. The molecule has 1 amide bonds. The van der Waals surface area contributed by atoms with Gasteiger partial charge in [0, 0.05) is 23.5 Å². The number of carbonyl (C=O) groups excluding carboxylic acids is 1. The smallest absolute Gasteiger partial charge is 0.222 e. The molecular formula is C32H37FN4OS. The Morgan fingerprint density at radius 1 is 0.923 bits per heavy atom. The van der Waals surface area contributed by atoms with Gasteiger partial charge in [-0.05, 0) is 81.2 Å². The van der Waals surface area contributed by atoms with E-state index >= 15 is 0 Å². The zero-order chi connectivity index (χ0) is 26.9. The maximum atomic E-state index is 13.3. The minimum Gasteiger partial charge on any atom is -0.352 e. The van der Waals surface area contributed by atoms with E-state index in [9.17, 15) is 9.18 Å². The van der Waals surface area contributed by atoms with E-state index in [2.05, 4.69) is 33.3 Å². The van der Waals surface area contributed by atoms with Gasteiger partial charge in [-0.2, -0.15) is 0 Å². The Morgan fingerprint density at radius 3 is 2.46 bits per heavy atom. The third-order valence-corrected chi connectivity index (χ3v) is 8.43. The number of amidine groups is 1. The van der Waals surface area contributed by atoms with E-state index < -0.39 is 0 Å². The number of anilines is 1. The second-order valence-corrected chi connectivity index (χ2v) is 11.3. The predicted molar refractivity (Wildman–Crippen MR) is 160 cm³/mol. The molecule has 2 aliphatic rings.